The number of halogens is 1. The Hall–Kier alpha value is -2.90. The third kappa shape index (κ3) is 6.54. The van der Waals surface area contributed by atoms with Gasteiger partial charge in [-0.1, -0.05) is 31.5 Å². The number of hydrogen-bond acceptors (Lipinski definition) is 4. The summed E-state index contributed by atoms with van der Waals surface area (Å²) in [6, 6.07) is 10.6. The first kappa shape index (κ1) is 24.4. The average molecular weight is 461 g/mol. The van der Waals surface area contributed by atoms with Crippen molar-refractivity contribution in [3.63, 3.8) is 0 Å². The van der Waals surface area contributed by atoms with Gasteiger partial charge in [0.2, 0.25) is 0 Å². The minimum Gasteiger partial charge on any atom is -0.478 e. The van der Waals surface area contributed by atoms with Crippen LogP contribution in [0.1, 0.15) is 52.1 Å². The van der Waals surface area contributed by atoms with E-state index in [1.54, 1.807) is 36.5 Å². The number of unbranched alkanes of at least 4 members (excludes halogenated alkanes) is 1. The number of hydrogen-bond donors (Lipinski definition) is 2. The second kappa shape index (κ2) is 11.5. The van der Waals surface area contributed by atoms with E-state index in [0.717, 1.165) is 41.2 Å². The van der Waals surface area contributed by atoms with Crippen LogP contribution in [0.2, 0.25) is 0 Å². The van der Waals surface area contributed by atoms with Crippen molar-refractivity contribution in [2.45, 2.75) is 39.2 Å². The first-order valence-electron chi connectivity index (χ1n) is 9.80. The maximum atomic E-state index is 11.8. The molecular formula is C23H25ClN2O4S. The molecule has 0 aliphatic heterocycles. The summed E-state index contributed by atoms with van der Waals surface area (Å²) in [5.41, 5.74) is 2.21. The Morgan fingerprint density at radius 1 is 1.16 bits per heavy atom. The van der Waals surface area contributed by atoms with Crippen LogP contribution in [0.25, 0.3) is 6.08 Å². The number of benzene rings is 1. The zero-order valence-electron chi connectivity index (χ0n) is 17.2. The maximum absolute atomic E-state index is 11.8. The molecule has 0 fully saturated rings. The van der Waals surface area contributed by atoms with E-state index in [-0.39, 0.29) is 18.0 Å². The lowest BCUT2D eigenvalue weighted by atomic mass is 10.1. The molecule has 164 valence electrons. The molecule has 1 aromatic carbocycles. The molecule has 0 radical (unpaired) electrons. The topological polar surface area (TPSA) is 92.4 Å². The Morgan fingerprint density at radius 2 is 1.90 bits per heavy atom. The number of imidazole rings is 1. The van der Waals surface area contributed by atoms with Gasteiger partial charge in [-0.15, -0.1) is 23.7 Å². The van der Waals surface area contributed by atoms with Gasteiger partial charge in [0, 0.05) is 29.8 Å². The molecule has 0 unspecified atom stereocenters. The summed E-state index contributed by atoms with van der Waals surface area (Å²) in [5.74, 6) is -1.01. The third-order valence-electron chi connectivity index (χ3n) is 4.81. The van der Waals surface area contributed by atoms with Crippen molar-refractivity contribution in [1.29, 1.82) is 0 Å². The molecule has 2 heterocycles. The van der Waals surface area contributed by atoms with E-state index in [4.69, 9.17) is 5.11 Å². The largest absolute Gasteiger partial charge is 0.478 e. The molecule has 8 heteroatoms. The number of carbonyl (C=O) groups is 2. The van der Waals surface area contributed by atoms with E-state index in [0.29, 0.717) is 18.5 Å². The maximum Gasteiger partial charge on any atom is 0.335 e. The summed E-state index contributed by atoms with van der Waals surface area (Å²) in [5, 5.41) is 20.7. The molecule has 0 saturated carbocycles. The van der Waals surface area contributed by atoms with Crippen molar-refractivity contribution >= 4 is 41.8 Å². The number of aromatic nitrogens is 2. The lowest BCUT2D eigenvalue weighted by Crippen LogP contribution is -2.09. The van der Waals surface area contributed by atoms with Crippen molar-refractivity contribution in [3.8, 4) is 0 Å². The molecule has 6 nitrogen and oxygen atoms in total. The lowest BCUT2D eigenvalue weighted by Gasteiger charge is -2.12. The number of thiophene rings is 1. The van der Waals surface area contributed by atoms with Crippen molar-refractivity contribution in [1.82, 2.24) is 9.55 Å². The van der Waals surface area contributed by atoms with Gasteiger partial charge in [-0.05, 0) is 41.6 Å². The number of nitrogens with zero attached hydrogens (tertiary/aromatic N) is 2. The summed E-state index contributed by atoms with van der Waals surface area (Å²) < 4.78 is 2.02. The summed E-state index contributed by atoms with van der Waals surface area (Å²) in [7, 11) is 0. The number of aliphatic carboxylic acids is 1. The first-order chi connectivity index (χ1) is 14.5. The monoisotopic (exact) mass is 460 g/mol. The SMILES string of the molecule is CCCCc1ncc(/C=C(\Cc2cccs2)C(=O)O)n1Cc1ccc(C(=O)O)cc1.Cl. The van der Waals surface area contributed by atoms with E-state index in [2.05, 4.69) is 11.9 Å². The molecule has 3 aromatic rings. The first-order valence-corrected chi connectivity index (χ1v) is 10.7. The Kier molecular flexibility index (Phi) is 9.03. The number of rotatable bonds is 10. The van der Waals surface area contributed by atoms with Crippen molar-refractivity contribution in [3.05, 3.63) is 81.1 Å². The van der Waals surface area contributed by atoms with Crippen LogP contribution in [-0.4, -0.2) is 31.7 Å². The van der Waals surface area contributed by atoms with Crippen LogP contribution in [0.15, 0.2) is 53.5 Å². The minimum absolute atomic E-state index is 0. The third-order valence-corrected chi connectivity index (χ3v) is 5.68. The molecule has 0 saturated heterocycles. The van der Waals surface area contributed by atoms with Crippen LogP contribution in [0.5, 0.6) is 0 Å². The van der Waals surface area contributed by atoms with Gasteiger partial charge in [0.25, 0.3) is 0 Å². The van der Waals surface area contributed by atoms with Crippen LogP contribution in [0.4, 0.5) is 0 Å². The molecule has 0 spiro atoms. The summed E-state index contributed by atoms with van der Waals surface area (Å²) in [4.78, 5) is 28.5. The van der Waals surface area contributed by atoms with Gasteiger partial charge in [0.1, 0.15) is 5.82 Å². The molecule has 0 amide bonds. The molecular weight excluding hydrogens is 436 g/mol. The van der Waals surface area contributed by atoms with Crippen LogP contribution < -0.4 is 0 Å². The van der Waals surface area contributed by atoms with E-state index in [9.17, 15) is 14.7 Å². The summed E-state index contributed by atoms with van der Waals surface area (Å²) >= 11 is 1.53. The highest BCUT2D eigenvalue weighted by Gasteiger charge is 2.14. The van der Waals surface area contributed by atoms with Gasteiger partial charge in [-0.2, -0.15) is 0 Å². The fraction of sp³-hybridized carbons (Fsp3) is 0.261. The normalized spacial score (nSPS) is 11.2. The Labute approximate surface area is 191 Å². The van der Waals surface area contributed by atoms with Gasteiger partial charge >= 0.3 is 11.9 Å². The van der Waals surface area contributed by atoms with Crippen molar-refractivity contribution < 1.29 is 19.8 Å². The van der Waals surface area contributed by atoms with Crippen LogP contribution in [0.3, 0.4) is 0 Å². The van der Waals surface area contributed by atoms with E-state index in [1.807, 2.05) is 22.1 Å². The summed E-state index contributed by atoms with van der Waals surface area (Å²) in [6.45, 7) is 2.61. The number of carboxylic acids is 2. The molecule has 31 heavy (non-hydrogen) atoms. The van der Waals surface area contributed by atoms with Gasteiger partial charge < -0.3 is 14.8 Å². The van der Waals surface area contributed by atoms with Crippen LogP contribution in [0, 0.1) is 0 Å². The Balaban J connectivity index is 0.00000341. The molecule has 2 N–H and O–H groups in total. The molecule has 3 rings (SSSR count). The van der Waals surface area contributed by atoms with Gasteiger partial charge in [-0.3, -0.25) is 0 Å². The van der Waals surface area contributed by atoms with E-state index < -0.39 is 11.9 Å². The highest BCUT2D eigenvalue weighted by Crippen LogP contribution is 2.20. The van der Waals surface area contributed by atoms with E-state index >= 15 is 0 Å². The molecule has 2 aromatic heterocycles. The van der Waals surface area contributed by atoms with Crippen molar-refractivity contribution in [2.75, 3.05) is 0 Å². The molecule has 0 aliphatic carbocycles. The second-order valence-electron chi connectivity index (χ2n) is 7.02. The van der Waals surface area contributed by atoms with Gasteiger partial charge in [0.05, 0.1) is 17.5 Å². The molecule has 0 atom stereocenters. The Morgan fingerprint density at radius 3 is 2.48 bits per heavy atom. The molecule has 0 bridgehead atoms. The predicted molar refractivity (Wildman–Crippen MR) is 124 cm³/mol. The number of aryl methyl sites for hydroxylation is 1. The van der Waals surface area contributed by atoms with Gasteiger partial charge in [-0.25, -0.2) is 14.6 Å². The quantitative estimate of drug-likeness (QED) is 0.407. The highest BCUT2D eigenvalue weighted by molar-refractivity contribution is 7.09. The summed E-state index contributed by atoms with van der Waals surface area (Å²) in [6.07, 6.45) is 6.58. The average Bonchev–Trinajstić information content (AvgIpc) is 3.37. The predicted octanol–water partition coefficient (Wildman–Crippen LogP) is 5.17. The van der Waals surface area contributed by atoms with E-state index in [1.165, 1.54) is 11.3 Å². The van der Waals surface area contributed by atoms with Crippen LogP contribution >= 0.6 is 23.7 Å². The second-order valence-corrected chi connectivity index (χ2v) is 8.05. The lowest BCUT2D eigenvalue weighted by molar-refractivity contribution is -0.132. The van der Waals surface area contributed by atoms with Gasteiger partial charge in [0.15, 0.2) is 0 Å². The number of aromatic carboxylic acids is 1. The Bertz CT molecular complexity index is 1040. The number of carboxylic acid groups (broad SMARTS) is 2. The smallest absolute Gasteiger partial charge is 0.335 e. The fourth-order valence-electron chi connectivity index (χ4n) is 3.16. The zero-order valence-corrected chi connectivity index (χ0v) is 18.8. The van der Waals surface area contributed by atoms with Crippen LogP contribution in [-0.2, 0) is 24.2 Å². The van der Waals surface area contributed by atoms with Crippen molar-refractivity contribution in [2.24, 2.45) is 0 Å². The standard InChI is InChI=1S/C23H24N2O4S.ClH/c1-2-3-6-21-24-14-19(12-18(23(28)29)13-20-5-4-11-30-20)25(21)15-16-7-9-17(10-8-16)22(26)27;/h4-5,7-12,14H,2-3,6,13,15H2,1H3,(H,26,27)(H,28,29);1H/b18-12+;. The zero-order chi connectivity index (χ0) is 21.5. The fourth-order valence-corrected chi connectivity index (χ4v) is 3.89. The highest BCUT2D eigenvalue weighted by atomic mass is 35.5. The molecule has 0 aliphatic rings. The minimum atomic E-state index is -0.962.